The Morgan fingerprint density at radius 3 is 2.40 bits per heavy atom. The number of Topliss-reactive ketones (excluding diaryl/α,β-unsaturated/α-hetero) is 1. The van der Waals surface area contributed by atoms with Crippen LogP contribution in [0, 0.1) is 12.7 Å². The van der Waals surface area contributed by atoms with E-state index in [1.807, 2.05) is 43.0 Å². The van der Waals surface area contributed by atoms with Gasteiger partial charge in [0.05, 0.1) is 11.7 Å². The van der Waals surface area contributed by atoms with Gasteiger partial charge in [-0.3, -0.25) is 9.69 Å². The Kier molecular flexibility index (Phi) is 5.63. The third-order valence-corrected chi connectivity index (χ3v) is 5.65. The summed E-state index contributed by atoms with van der Waals surface area (Å²) in [5.74, 6) is 0.603. The van der Waals surface area contributed by atoms with Crippen LogP contribution in [0.15, 0.2) is 46.9 Å². The third-order valence-electron chi connectivity index (χ3n) is 5.65. The summed E-state index contributed by atoms with van der Waals surface area (Å²) in [5, 5.41) is 8.44. The average Bonchev–Trinajstić information content (AvgIpc) is 3.24. The Morgan fingerprint density at radius 2 is 1.77 bits per heavy atom. The molecule has 0 radical (unpaired) electrons. The average molecular weight is 408 g/mol. The predicted octanol–water partition coefficient (Wildman–Crippen LogP) is 4.27. The van der Waals surface area contributed by atoms with Crippen molar-refractivity contribution >= 4 is 11.5 Å². The number of nitrogens with zero attached hydrogens (tertiary/aromatic N) is 4. The Labute approximate surface area is 175 Å². The Bertz CT molecular complexity index is 1040. The molecule has 4 rings (SSSR count). The van der Waals surface area contributed by atoms with Gasteiger partial charge in [-0.1, -0.05) is 17.7 Å². The van der Waals surface area contributed by atoms with Gasteiger partial charge in [0, 0.05) is 37.3 Å². The van der Waals surface area contributed by atoms with Gasteiger partial charge in [-0.05, 0) is 51.1 Å². The molecule has 156 valence electrons. The molecule has 0 saturated carbocycles. The van der Waals surface area contributed by atoms with E-state index in [9.17, 15) is 9.18 Å². The lowest BCUT2D eigenvalue weighted by molar-refractivity contribution is 0.101. The van der Waals surface area contributed by atoms with E-state index in [2.05, 4.69) is 15.1 Å². The number of benzene rings is 2. The maximum atomic E-state index is 14.5. The first-order valence-electron chi connectivity index (χ1n) is 10.1. The number of aromatic nitrogens is 2. The minimum Gasteiger partial charge on any atom is -0.419 e. The summed E-state index contributed by atoms with van der Waals surface area (Å²) in [7, 11) is 0. The van der Waals surface area contributed by atoms with Crippen LogP contribution < -0.4 is 4.90 Å². The lowest BCUT2D eigenvalue weighted by Crippen LogP contribution is -2.47. The van der Waals surface area contributed by atoms with Gasteiger partial charge in [-0.15, -0.1) is 10.2 Å². The molecule has 1 unspecified atom stereocenters. The van der Waals surface area contributed by atoms with E-state index >= 15 is 0 Å². The number of ketones is 1. The fraction of sp³-hybridized carbons (Fsp3) is 0.348. The fourth-order valence-corrected chi connectivity index (χ4v) is 3.70. The summed E-state index contributed by atoms with van der Waals surface area (Å²) in [6.45, 7) is 8.38. The van der Waals surface area contributed by atoms with Crippen LogP contribution in [0.2, 0.25) is 0 Å². The highest BCUT2D eigenvalue weighted by molar-refractivity contribution is 5.94. The Balaban J connectivity index is 1.41. The van der Waals surface area contributed by atoms with Gasteiger partial charge in [0.1, 0.15) is 5.82 Å². The maximum Gasteiger partial charge on any atom is 0.247 e. The first-order valence-corrected chi connectivity index (χ1v) is 10.1. The molecular formula is C23H25FN4O2. The van der Waals surface area contributed by atoms with E-state index in [1.54, 1.807) is 12.1 Å². The molecule has 0 bridgehead atoms. The molecule has 2 heterocycles. The fourth-order valence-electron chi connectivity index (χ4n) is 3.70. The van der Waals surface area contributed by atoms with E-state index in [0.717, 1.165) is 18.7 Å². The van der Waals surface area contributed by atoms with Gasteiger partial charge in [0.2, 0.25) is 11.8 Å². The molecule has 1 aromatic heterocycles. The third kappa shape index (κ3) is 4.11. The summed E-state index contributed by atoms with van der Waals surface area (Å²) in [5.41, 5.74) is 3.01. The van der Waals surface area contributed by atoms with E-state index in [-0.39, 0.29) is 17.6 Å². The molecule has 7 heteroatoms. The number of rotatable bonds is 5. The maximum absolute atomic E-state index is 14.5. The Hall–Kier alpha value is -3.06. The van der Waals surface area contributed by atoms with Crippen molar-refractivity contribution in [2.45, 2.75) is 26.8 Å². The van der Waals surface area contributed by atoms with Crippen LogP contribution in [-0.2, 0) is 0 Å². The quantitative estimate of drug-likeness (QED) is 0.588. The molecular weight excluding hydrogens is 383 g/mol. The number of carbonyl (C=O) groups is 1. The second-order valence-electron chi connectivity index (χ2n) is 7.73. The van der Waals surface area contributed by atoms with Crippen LogP contribution in [0.25, 0.3) is 11.5 Å². The number of hydrogen-bond acceptors (Lipinski definition) is 6. The van der Waals surface area contributed by atoms with Gasteiger partial charge >= 0.3 is 0 Å². The zero-order valence-electron chi connectivity index (χ0n) is 17.4. The standard InChI is InChI=1S/C23H25FN4O2/c1-15-4-6-18(7-5-15)23-26-25-22(30-23)16(2)27-10-12-28(13-11-27)21-9-8-19(17(3)29)14-20(21)24/h4-9,14,16H,10-13H2,1-3H3. The molecule has 0 spiro atoms. The van der Waals surface area contributed by atoms with Crippen LogP contribution in [0.1, 0.15) is 41.7 Å². The molecule has 2 aromatic carbocycles. The normalized spacial score (nSPS) is 15.9. The molecule has 1 saturated heterocycles. The van der Waals surface area contributed by atoms with Gasteiger partial charge < -0.3 is 9.32 Å². The lowest BCUT2D eigenvalue weighted by atomic mass is 10.1. The van der Waals surface area contributed by atoms with Crippen LogP contribution in [-0.4, -0.2) is 47.1 Å². The Morgan fingerprint density at radius 1 is 1.07 bits per heavy atom. The largest absolute Gasteiger partial charge is 0.419 e. The molecule has 1 fully saturated rings. The van der Waals surface area contributed by atoms with Crippen LogP contribution >= 0.6 is 0 Å². The van der Waals surface area contributed by atoms with Gasteiger partial charge in [-0.2, -0.15) is 0 Å². The van der Waals surface area contributed by atoms with Crippen molar-refractivity contribution in [1.29, 1.82) is 0 Å². The minimum atomic E-state index is -0.358. The van der Waals surface area contributed by atoms with Crippen molar-refractivity contribution in [3.05, 3.63) is 65.3 Å². The number of piperazine rings is 1. The van der Waals surface area contributed by atoms with Crippen LogP contribution in [0.3, 0.4) is 0 Å². The first-order chi connectivity index (χ1) is 14.4. The molecule has 0 aliphatic carbocycles. The smallest absolute Gasteiger partial charge is 0.247 e. The molecule has 0 N–H and O–H groups in total. The summed E-state index contributed by atoms with van der Waals surface area (Å²) in [4.78, 5) is 15.7. The monoisotopic (exact) mass is 408 g/mol. The summed E-state index contributed by atoms with van der Waals surface area (Å²) < 4.78 is 20.4. The van der Waals surface area contributed by atoms with Crippen molar-refractivity contribution in [2.75, 3.05) is 31.1 Å². The molecule has 1 aliphatic heterocycles. The second kappa shape index (κ2) is 8.36. The highest BCUT2D eigenvalue weighted by Crippen LogP contribution is 2.27. The van der Waals surface area contributed by atoms with Gasteiger partial charge in [0.25, 0.3) is 0 Å². The number of halogens is 1. The number of anilines is 1. The molecule has 1 atom stereocenters. The van der Waals surface area contributed by atoms with Crippen LogP contribution in [0.4, 0.5) is 10.1 Å². The molecule has 30 heavy (non-hydrogen) atoms. The zero-order valence-corrected chi connectivity index (χ0v) is 17.4. The van der Waals surface area contributed by atoms with Gasteiger partial charge in [-0.25, -0.2) is 4.39 Å². The minimum absolute atomic E-state index is 0.0243. The number of hydrogen-bond donors (Lipinski definition) is 0. The van der Waals surface area contributed by atoms with Gasteiger partial charge in [0.15, 0.2) is 5.78 Å². The van der Waals surface area contributed by atoms with Crippen LogP contribution in [0.5, 0.6) is 0 Å². The highest BCUT2D eigenvalue weighted by atomic mass is 19.1. The molecule has 1 aliphatic rings. The number of aryl methyl sites for hydroxylation is 1. The highest BCUT2D eigenvalue weighted by Gasteiger charge is 2.27. The molecule has 0 amide bonds. The molecule has 3 aromatic rings. The topological polar surface area (TPSA) is 62.5 Å². The first kappa shape index (κ1) is 20.2. The van der Waals surface area contributed by atoms with Crippen molar-refractivity contribution in [2.24, 2.45) is 0 Å². The van der Waals surface area contributed by atoms with E-state index < -0.39 is 0 Å². The van der Waals surface area contributed by atoms with E-state index in [0.29, 0.717) is 36.1 Å². The van der Waals surface area contributed by atoms with E-state index in [1.165, 1.54) is 18.6 Å². The summed E-state index contributed by atoms with van der Waals surface area (Å²) in [6.07, 6.45) is 0. The van der Waals surface area contributed by atoms with Crippen molar-refractivity contribution in [3.63, 3.8) is 0 Å². The lowest BCUT2D eigenvalue weighted by Gasteiger charge is -2.38. The predicted molar refractivity (Wildman–Crippen MR) is 113 cm³/mol. The summed E-state index contributed by atoms with van der Waals surface area (Å²) >= 11 is 0. The SMILES string of the molecule is CC(=O)c1ccc(N2CCN(C(C)c3nnc(-c4ccc(C)cc4)o3)CC2)c(F)c1. The molecule has 6 nitrogen and oxygen atoms in total. The van der Waals surface area contributed by atoms with Crippen molar-refractivity contribution in [1.82, 2.24) is 15.1 Å². The summed E-state index contributed by atoms with van der Waals surface area (Å²) in [6, 6.07) is 12.6. The van der Waals surface area contributed by atoms with Crippen molar-refractivity contribution in [3.8, 4) is 11.5 Å². The zero-order chi connectivity index (χ0) is 21.3. The second-order valence-corrected chi connectivity index (χ2v) is 7.73. The van der Waals surface area contributed by atoms with Crippen molar-refractivity contribution < 1.29 is 13.6 Å². The van der Waals surface area contributed by atoms with E-state index in [4.69, 9.17) is 4.42 Å². The number of carbonyl (C=O) groups excluding carboxylic acids is 1.